The summed E-state index contributed by atoms with van der Waals surface area (Å²) in [5, 5.41) is 9.99. The molecule has 0 amide bonds. The van der Waals surface area contributed by atoms with E-state index >= 15 is 0 Å². The number of rotatable bonds is 10. The van der Waals surface area contributed by atoms with Gasteiger partial charge < -0.3 is 9.84 Å². The SMILES string of the molecule is CC/C=C\C/C=C\C/C=C\C/C=C\C[C@H](O)[C@@H]1CCCC(=O)O1. The van der Waals surface area contributed by atoms with Gasteiger partial charge in [-0.1, -0.05) is 55.5 Å². The lowest BCUT2D eigenvalue weighted by Gasteiger charge is -2.25. The third-order valence-corrected chi connectivity index (χ3v) is 3.68. The largest absolute Gasteiger partial charge is 0.460 e. The Morgan fingerprint density at radius 3 is 2.17 bits per heavy atom. The van der Waals surface area contributed by atoms with Gasteiger partial charge in [-0.25, -0.2) is 0 Å². The molecule has 0 radical (unpaired) electrons. The van der Waals surface area contributed by atoms with Crippen LogP contribution in [0.5, 0.6) is 0 Å². The molecule has 1 aliphatic heterocycles. The number of ether oxygens (including phenoxy) is 1. The number of hydrogen-bond donors (Lipinski definition) is 1. The van der Waals surface area contributed by atoms with Crippen LogP contribution in [0.25, 0.3) is 0 Å². The molecule has 1 heterocycles. The van der Waals surface area contributed by atoms with E-state index in [-0.39, 0.29) is 12.1 Å². The maximum atomic E-state index is 11.2. The molecule has 0 saturated carbocycles. The lowest BCUT2D eigenvalue weighted by molar-refractivity contribution is -0.160. The number of cyclic esters (lactones) is 1. The molecule has 0 bridgehead atoms. The van der Waals surface area contributed by atoms with Crippen LogP contribution >= 0.6 is 0 Å². The van der Waals surface area contributed by atoms with E-state index < -0.39 is 6.10 Å². The molecule has 23 heavy (non-hydrogen) atoms. The predicted octanol–water partition coefficient (Wildman–Crippen LogP) is 4.64. The Morgan fingerprint density at radius 1 is 1.04 bits per heavy atom. The number of carbonyl (C=O) groups is 1. The molecule has 0 aromatic rings. The van der Waals surface area contributed by atoms with Gasteiger partial charge in [0.05, 0.1) is 6.10 Å². The molecule has 1 fully saturated rings. The van der Waals surface area contributed by atoms with Crippen LogP contribution in [0, 0.1) is 0 Å². The van der Waals surface area contributed by atoms with Crippen LogP contribution in [0.3, 0.4) is 0 Å². The summed E-state index contributed by atoms with van der Waals surface area (Å²) in [6, 6.07) is 0. The van der Waals surface area contributed by atoms with Gasteiger partial charge in [0.2, 0.25) is 0 Å². The Balaban J connectivity index is 2.08. The maximum absolute atomic E-state index is 11.2. The number of esters is 1. The van der Waals surface area contributed by atoms with Gasteiger partial charge >= 0.3 is 5.97 Å². The Labute approximate surface area is 140 Å². The second-order valence-corrected chi connectivity index (χ2v) is 5.72. The molecule has 1 aliphatic rings. The number of aliphatic hydroxyl groups is 1. The minimum atomic E-state index is -0.585. The van der Waals surface area contributed by atoms with Crippen LogP contribution in [0.15, 0.2) is 48.6 Å². The van der Waals surface area contributed by atoms with E-state index in [0.717, 1.165) is 38.5 Å². The fourth-order valence-electron chi connectivity index (χ4n) is 2.37. The van der Waals surface area contributed by atoms with Crippen molar-refractivity contribution >= 4 is 5.97 Å². The van der Waals surface area contributed by atoms with Crippen LogP contribution in [-0.4, -0.2) is 23.3 Å². The number of aliphatic hydroxyl groups excluding tert-OH is 1. The zero-order chi connectivity index (χ0) is 16.8. The quantitative estimate of drug-likeness (QED) is 0.471. The molecule has 0 unspecified atom stereocenters. The molecule has 1 N–H and O–H groups in total. The van der Waals surface area contributed by atoms with Crippen LogP contribution in [-0.2, 0) is 9.53 Å². The first kappa shape index (κ1) is 19.4. The molecule has 1 rings (SSSR count). The van der Waals surface area contributed by atoms with Crippen molar-refractivity contribution in [2.24, 2.45) is 0 Å². The second kappa shape index (κ2) is 12.9. The smallest absolute Gasteiger partial charge is 0.306 e. The predicted molar refractivity (Wildman–Crippen MR) is 95.1 cm³/mol. The van der Waals surface area contributed by atoms with Gasteiger partial charge in [-0.2, -0.15) is 0 Å². The maximum Gasteiger partial charge on any atom is 0.306 e. The van der Waals surface area contributed by atoms with Crippen LogP contribution < -0.4 is 0 Å². The van der Waals surface area contributed by atoms with Crippen molar-refractivity contribution in [1.29, 1.82) is 0 Å². The highest BCUT2D eigenvalue weighted by atomic mass is 16.6. The van der Waals surface area contributed by atoms with Crippen molar-refractivity contribution in [1.82, 2.24) is 0 Å². The van der Waals surface area contributed by atoms with Crippen molar-refractivity contribution in [2.75, 3.05) is 0 Å². The highest BCUT2D eigenvalue weighted by Crippen LogP contribution is 2.18. The molecule has 2 atom stereocenters. The molecular formula is C20H30O3. The standard InChI is InChI=1S/C20H30O3/c1-2-3-4-5-6-7-8-9-10-11-12-13-15-18(21)19-16-14-17-20(22)23-19/h3-4,6-7,9-10,12-13,18-19,21H,2,5,8,11,14-17H2,1H3/b4-3-,7-6-,10-9-,13-12-/t18-,19-/m0/s1. The van der Waals surface area contributed by atoms with E-state index in [1.54, 1.807) is 0 Å². The second-order valence-electron chi connectivity index (χ2n) is 5.72. The Hall–Kier alpha value is -1.61. The van der Waals surface area contributed by atoms with Crippen molar-refractivity contribution < 1.29 is 14.6 Å². The summed E-state index contributed by atoms with van der Waals surface area (Å²) in [6.07, 6.45) is 22.6. The van der Waals surface area contributed by atoms with E-state index in [1.165, 1.54) is 0 Å². The monoisotopic (exact) mass is 318 g/mol. The van der Waals surface area contributed by atoms with Gasteiger partial charge in [-0.15, -0.1) is 0 Å². The highest BCUT2D eigenvalue weighted by Gasteiger charge is 2.26. The van der Waals surface area contributed by atoms with Gasteiger partial charge in [-0.3, -0.25) is 4.79 Å². The first-order valence-electron chi connectivity index (χ1n) is 8.71. The molecule has 0 aromatic carbocycles. The molecule has 0 aromatic heterocycles. The average Bonchev–Trinajstić information content (AvgIpc) is 2.55. The van der Waals surface area contributed by atoms with E-state index in [4.69, 9.17) is 4.74 Å². The third kappa shape index (κ3) is 9.90. The zero-order valence-electron chi connectivity index (χ0n) is 14.2. The van der Waals surface area contributed by atoms with Gasteiger partial charge in [0.15, 0.2) is 0 Å². The summed E-state index contributed by atoms with van der Waals surface area (Å²) in [7, 11) is 0. The van der Waals surface area contributed by atoms with Crippen LogP contribution in [0.2, 0.25) is 0 Å². The summed E-state index contributed by atoms with van der Waals surface area (Å²) >= 11 is 0. The van der Waals surface area contributed by atoms with Crippen molar-refractivity contribution in [3.8, 4) is 0 Å². The first-order chi connectivity index (χ1) is 11.2. The Bertz CT molecular complexity index is 432. The van der Waals surface area contributed by atoms with Gasteiger partial charge in [0.1, 0.15) is 6.10 Å². The molecular weight excluding hydrogens is 288 g/mol. The number of hydrogen-bond acceptors (Lipinski definition) is 3. The van der Waals surface area contributed by atoms with Gasteiger partial charge in [0, 0.05) is 6.42 Å². The Kier molecular flexibility index (Phi) is 10.9. The highest BCUT2D eigenvalue weighted by molar-refractivity contribution is 5.70. The number of allylic oxidation sites excluding steroid dienone is 7. The minimum absolute atomic E-state index is 0.189. The molecule has 3 heteroatoms. The van der Waals surface area contributed by atoms with Gasteiger partial charge in [-0.05, 0) is 44.9 Å². The fraction of sp³-hybridized carbons (Fsp3) is 0.550. The summed E-state index contributed by atoms with van der Waals surface area (Å²) in [6.45, 7) is 2.14. The zero-order valence-corrected chi connectivity index (χ0v) is 14.2. The average molecular weight is 318 g/mol. The summed E-state index contributed by atoms with van der Waals surface area (Å²) in [5.74, 6) is -0.189. The van der Waals surface area contributed by atoms with E-state index in [2.05, 4.69) is 43.4 Å². The molecule has 128 valence electrons. The fourth-order valence-corrected chi connectivity index (χ4v) is 2.37. The summed E-state index contributed by atoms with van der Waals surface area (Å²) < 4.78 is 5.16. The van der Waals surface area contributed by atoms with Crippen LogP contribution in [0.1, 0.15) is 58.3 Å². The van der Waals surface area contributed by atoms with E-state index in [0.29, 0.717) is 12.8 Å². The lowest BCUT2D eigenvalue weighted by Crippen LogP contribution is -2.34. The topological polar surface area (TPSA) is 46.5 Å². The third-order valence-electron chi connectivity index (χ3n) is 3.68. The minimum Gasteiger partial charge on any atom is -0.460 e. The normalized spacial score (nSPS) is 21.0. The number of carbonyl (C=O) groups excluding carboxylic acids is 1. The van der Waals surface area contributed by atoms with E-state index in [1.807, 2.05) is 12.2 Å². The molecule has 0 aliphatic carbocycles. The van der Waals surface area contributed by atoms with Crippen molar-refractivity contribution in [2.45, 2.75) is 70.5 Å². The summed E-state index contributed by atoms with van der Waals surface area (Å²) in [4.78, 5) is 11.2. The van der Waals surface area contributed by atoms with Crippen molar-refractivity contribution in [3.63, 3.8) is 0 Å². The Morgan fingerprint density at radius 2 is 1.61 bits per heavy atom. The van der Waals surface area contributed by atoms with Gasteiger partial charge in [0.25, 0.3) is 0 Å². The first-order valence-corrected chi connectivity index (χ1v) is 8.71. The molecule has 3 nitrogen and oxygen atoms in total. The lowest BCUT2D eigenvalue weighted by atomic mass is 10.0. The molecule has 0 spiro atoms. The molecule has 1 saturated heterocycles. The summed E-state index contributed by atoms with van der Waals surface area (Å²) in [5.41, 5.74) is 0. The van der Waals surface area contributed by atoms with Crippen LogP contribution in [0.4, 0.5) is 0 Å². The van der Waals surface area contributed by atoms with Crippen molar-refractivity contribution in [3.05, 3.63) is 48.6 Å². The van der Waals surface area contributed by atoms with E-state index in [9.17, 15) is 9.90 Å².